The van der Waals surface area contributed by atoms with Gasteiger partial charge in [-0.2, -0.15) is 0 Å². The fourth-order valence-electron chi connectivity index (χ4n) is 2.35. The predicted molar refractivity (Wildman–Crippen MR) is 102 cm³/mol. The van der Waals surface area contributed by atoms with Crippen LogP contribution in [0.5, 0.6) is 0 Å². The maximum atomic E-state index is 11.8. The standard InChI is InChI=1S/C17H19N3O3S2/c1-3-11-4-5-13-12(9-15(21)23-14(13)8-11)10-24-17-20-19-16(25-17)18-6-7-22-2/h4-5,8-9H,3,6-7,10H2,1-2H3,(H,18,19). The molecule has 3 rings (SSSR count). The van der Waals surface area contributed by atoms with E-state index in [1.54, 1.807) is 24.9 Å². The third-order valence-corrected chi connectivity index (χ3v) is 5.71. The highest BCUT2D eigenvalue weighted by atomic mass is 32.2. The summed E-state index contributed by atoms with van der Waals surface area (Å²) in [5, 5.41) is 13.2. The van der Waals surface area contributed by atoms with E-state index >= 15 is 0 Å². The highest BCUT2D eigenvalue weighted by Crippen LogP contribution is 2.30. The molecule has 1 aromatic carbocycles. The molecule has 2 heterocycles. The number of hydrogen-bond acceptors (Lipinski definition) is 8. The topological polar surface area (TPSA) is 77.3 Å². The van der Waals surface area contributed by atoms with E-state index in [0.717, 1.165) is 32.4 Å². The molecular weight excluding hydrogens is 358 g/mol. The van der Waals surface area contributed by atoms with Gasteiger partial charge < -0.3 is 14.5 Å². The summed E-state index contributed by atoms with van der Waals surface area (Å²) in [7, 11) is 1.66. The first-order valence-electron chi connectivity index (χ1n) is 7.94. The van der Waals surface area contributed by atoms with Crippen molar-refractivity contribution in [3.63, 3.8) is 0 Å². The molecule has 0 spiro atoms. The second-order valence-electron chi connectivity index (χ2n) is 5.36. The number of anilines is 1. The lowest BCUT2D eigenvalue weighted by Gasteiger charge is -2.05. The summed E-state index contributed by atoms with van der Waals surface area (Å²) in [6.45, 7) is 3.39. The van der Waals surface area contributed by atoms with Crippen molar-refractivity contribution in [2.24, 2.45) is 0 Å². The summed E-state index contributed by atoms with van der Waals surface area (Å²) in [5.41, 5.74) is 2.41. The van der Waals surface area contributed by atoms with Gasteiger partial charge in [-0.3, -0.25) is 0 Å². The minimum atomic E-state index is -0.324. The van der Waals surface area contributed by atoms with Crippen LogP contribution in [0.25, 0.3) is 11.0 Å². The summed E-state index contributed by atoms with van der Waals surface area (Å²) in [4.78, 5) is 11.8. The smallest absolute Gasteiger partial charge is 0.336 e. The molecule has 0 atom stereocenters. The number of ether oxygens (including phenoxy) is 1. The molecule has 0 unspecified atom stereocenters. The van der Waals surface area contributed by atoms with Crippen LogP contribution in [0.4, 0.5) is 5.13 Å². The lowest BCUT2D eigenvalue weighted by atomic mass is 10.1. The lowest BCUT2D eigenvalue weighted by molar-refractivity contribution is 0.211. The molecule has 0 aliphatic rings. The number of benzene rings is 1. The Hall–Kier alpha value is -1.90. The molecule has 0 amide bonds. The van der Waals surface area contributed by atoms with E-state index in [1.165, 1.54) is 11.3 Å². The van der Waals surface area contributed by atoms with Crippen molar-refractivity contribution >= 4 is 39.2 Å². The summed E-state index contributed by atoms with van der Waals surface area (Å²) < 4.78 is 11.2. The first kappa shape index (κ1) is 17.9. The number of thioether (sulfide) groups is 1. The van der Waals surface area contributed by atoms with Crippen LogP contribution in [0.2, 0.25) is 0 Å². The molecule has 2 aromatic heterocycles. The van der Waals surface area contributed by atoms with Crippen LogP contribution in [-0.4, -0.2) is 30.5 Å². The van der Waals surface area contributed by atoms with Gasteiger partial charge in [0.2, 0.25) is 5.13 Å². The van der Waals surface area contributed by atoms with Crippen molar-refractivity contribution in [2.45, 2.75) is 23.4 Å². The highest BCUT2D eigenvalue weighted by molar-refractivity contribution is 8.00. The van der Waals surface area contributed by atoms with Crippen molar-refractivity contribution in [3.05, 3.63) is 45.8 Å². The Labute approximate surface area is 153 Å². The van der Waals surface area contributed by atoms with Crippen LogP contribution in [0.1, 0.15) is 18.1 Å². The fraction of sp³-hybridized carbons (Fsp3) is 0.353. The van der Waals surface area contributed by atoms with Gasteiger partial charge in [0, 0.05) is 30.9 Å². The Morgan fingerprint density at radius 1 is 1.32 bits per heavy atom. The molecule has 0 fully saturated rings. The normalized spacial score (nSPS) is 11.1. The number of methoxy groups -OCH3 is 1. The molecule has 8 heteroatoms. The summed E-state index contributed by atoms with van der Waals surface area (Å²) in [6.07, 6.45) is 0.905. The number of aryl methyl sites for hydroxylation is 1. The maximum Gasteiger partial charge on any atom is 0.336 e. The number of fused-ring (bicyclic) bond motifs is 1. The van der Waals surface area contributed by atoms with Crippen LogP contribution in [0.15, 0.2) is 37.8 Å². The van der Waals surface area contributed by atoms with E-state index in [-0.39, 0.29) is 5.63 Å². The Balaban J connectivity index is 1.74. The van der Waals surface area contributed by atoms with Crippen LogP contribution in [-0.2, 0) is 16.9 Å². The van der Waals surface area contributed by atoms with Gasteiger partial charge in [0.15, 0.2) is 4.34 Å². The Morgan fingerprint density at radius 3 is 3.00 bits per heavy atom. The van der Waals surface area contributed by atoms with Gasteiger partial charge in [-0.05, 0) is 23.6 Å². The van der Waals surface area contributed by atoms with Crippen LogP contribution in [0, 0.1) is 0 Å². The summed E-state index contributed by atoms with van der Waals surface area (Å²) in [5.74, 6) is 0.639. The van der Waals surface area contributed by atoms with E-state index in [9.17, 15) is 4.79 Å². The molecule has 0 radical (unpaired) electrons. The molecule has 25 heavy (non-hydrogen) atoms. The second kappa shape index (κ2) is 8.46. The van der Waals surface area contributed by atoms with Gasteiger partial charge in [-0.1, -0.05) is 42.2 Å². The van der Waals surface area contributed by atoms with Crippen LogP contribution >= 0.6 is 23.1 Å². The SMILES string of the molecule is CCc1ccc2c(CSc3nnc(NCCOC)s3)cc(=O)oc2c1. The first-order valence-corrected chi connectivity index (χ1v) is 9.74. The fourth-order valence-corrected chi connectivity index (χ4v) is 4.12. The average Bonchev–Trinajstić information content (AvgIpc) is 3.07. The molecule has 0 bridgehead atoms. The molecule has 0 aliphatic heterocycles. The third-order valence-electron chi connectivity index (χ3n) is 3.64. The van der Waals surface area contributed by atoms with Crippen molar-refractivity contribution in [3.8, 4) is 0 Å². The first-order chi connectivity index (χ1) is 12.2. The quantitative estimate of drug-likeness (QED) is 0.365. The van der Waals surface area contributed by atoms with E-state index in [4.69, 9.17) is 9.15 Å². The third kappa shape index (κ3) is 4.59. The largest absolute Gasteiger partial charge is 0.423 e. The highest BCUT2D eigenvalue weighted by Gasteiger charge is 2.09. The van der Waals surface area contributed by atoms with E-state index < -0.39 is 0 Å². The van der Waals surface area contributed by atoms with Crippen molar-refractivity contribution in [1.29, 1.82) is 0 Å². The second-order valence-corrected chi connectivity index (χ2v) is 7.56. The number of nitrogens with one attached hydrogen (secondary N) is 1. The van der Waals surface area contributed by atoms with Gasteiger partial charge in [0.05, 0.1) is 6.61 Å². The Kier molecular flexibility index (Phi) is 6.06. The van der Waals surface area contributed by atoms with E-state index in [0.29, 0.717) is 24.5 Å². The zero-order valence-electron chi connectivity index (χ0n) is 14.1. The van der Waals surface area contributed by atoms with Crippen LogP contribution < -0.4 is 10.9 Å². The Morgan fingerprint density at radius 2 is 2.20 bits per heavy atom. The van der Waals surface area contributed by atoms with E-state index in [2.05, 4.69) is 28.5 Å². The zero-order valence-corrected chi connectivity index (χ0v) is 15.7. The van der Waals surface area contributed by atoms with Gasteiger partial charge in [0.1, 0.15) is 5.58 Å². The van der Waals surface area contributed by atoms with Crippen LogP contribution in [0.3, 0.4) is 0 Å². The number of nitrogens with zero attached hydrogens (tertiary/aromatic N) is 2. The van der Waals surface area contributed by atoms with Gasteiger partial charge in [-0.15, -0.1) is 10.2 Å². The van der Waals surface area contributed by atoms with E-state index in [1.807, 2.05) is 12.1 Å². The predicted octanol–water partition coefficient (Wildman–Crippen LogP) is 3.56. The van der Waals surface area contributed by atoms with Crippen molar-refractivity contribution in [2.75, 3.05) is 25.6 Å². The molecule has 3 aromatic rings. The van der Waals surface area contributed by atoms with Gasteiger partial charge >= 0.3 is 5.63 Å². The molecule has 132 valence electrons. The number of rotatable bonds is 8. The van der Waals surface area contributed by atoms with Gasteiger partial charge in [-0.25, -0.2) is 4.79 Å². The maximum absolute atomic E-state index is 11.8. The minimum Gasteiger partial charge on any atom is -0.423 e. The number of hydrogen-bond donors (Lipinski definition) is 1. The minimum absolute atomic E-state index is 0.324. The average molecular weight is 377 g/mol. The molecule has 6 nitrogen and oxygen atoms in total. The summed E-state index contributed by atoms with van der Waals surface area (Å²) >= 11 is 3.05. The molecule has 1 N–H and O–H groups in total. The molecular formula is C17H19N3O3S2. The lowest BCUT2D eigenvalue weighted by Crippen LogP contribution is -2.06. The number of aromatic nitrogens is 2. The van der Waals surface area contributed by atoms with Gasteiger partial charge in [0.25, 0.3) is 0 Å². The Bertz CT molecular complexity index is 908. The molecule has 0 saturated carbocycles. The molecule has 0 saturated heterocycles. The van der Waals surface area contributed by atoms with Crippen molar-refractivity contribution in [1.82, 2.24) is 10.2 Å². The summed E-state index contributed by atoms with van der Waals surface area (Å²) in [6, 6.07) is 7.58. The molecule has 0 aliphatic carbocycles. The zero-order chi connectivity index (χ0) is 17.6. The monoisotopic (exact) mass is 377 g/mol. The van der Waals surface area contributed by atoms with Crippen molar-refractivity contribution < 1.29 is 9.15 Å².